The van der Waals surface area contributed by atoms with E-state index in [2.05, 4.69) is 25.6 Å². The number of carboxylic acid groups (broad SMARTS) is 1. The number of hydrogen-bond acceptors (Lipinski definition) is 5. The van der Waals surface area contributed by atoms with Crippen molar-refractivity contribution in [2.24, 2.45) is 5.92 Å². The molecule has 0 saturated carbocycles. The second-order valence-electron chi connectivity index (χ2n) is 7.86. The molecular formula is C22H28BrN3O4S. The van der Waals surface area contributed by atoms with Crippen molar-refractivity contribution in [3.63, 3.8) is 0 Å². The maximum atomic E-state index is 12.3. The zero-order valence-electron chi connectivity index (χ0n) is 17.3. The Bertz CT molecular complexity index is 1020. The van der Waals surface area contributed by atoms with Crippen LogP contribution in [0.15, 0.2) is 51.8 Å². The van der Waals surface area contributed by atoms with Crippen molar-refractivity contribution < 1.29 is 18.3 Å². The standard InChI is InChI=1S/C22H28BrN3O4S/c23-17-7-8-20(22(27)28)21(14-17)26-12-9-16(10-13-26)4-1-2-11-25-31(29,30)19-6-3-5-18(24)15-19/h3,5-8,14-16,25H,1-2,4,9-13,24H2,(H,27,28). The van der Waals surface area contributed by atoms with Crippen LogP contribution < -0.4 is 15.4 Å². The number of halogens is 1. The lowest BCUT2D eigenvalue weighted by atomic mass is 9.91. The fourth-order valence-corrected chi connectivity index (χ4v) is 5.42. The number of nitrogen functional groups attached to an aromatic ring is 1. The minimum absolute atomic E-state index is 0.188. The highest BCUT2D eigenvalue weighted by Crippen LogP contribution is 2.31. The number of nitrogens with zero attached hydrogens (tertiary/aromatic N) is 1. The monoisotopic (exact) mass is 509 g/mol. The van der Waals surface area contributed by atoms with E-state index in [0.29, 0.717) is 23.7 Å². The Hall–Kier alpha value is -2.10. The normalized spacial score (nSPS) is 15.2. The first kappa shape index (κ1) is 23.6. The molecule has 0 amide bonds. The van der Waals surface area contributed by atoms with Gasteiger partial charge in [0, 0.05) is 29.8 Å². The molecule has 0 aliphatic carbocycles. The lowest BCUT2D eigenvalue weighted by molar-refractivity contribution is 0.0697. The first-order valence-electron chi connectivity index (χ1n) is 10.4. The Morgan fingerprint density at radius 3 is 2.58 bits per heavy atom. The van der Waals surface area contributed by atoms with Gasteiger partial charge < -0.3 is 15.7 Å². The summed E-state index contributed by atoms with van der Waals surface area (Å²) in [5, 5.41) is 9.45. The molecule has 0 aromatic heterocycles. The van der Waals surface area contributed by atoms with Crippen LogP contribution >= 0.6 is 15.9 Å². The minimum atomic E-state index is -3.53. The molecule has 0 unspecified atom stereocenters. The van der Waals surface area contributed by atoms with Crippen molar-refractivity contribution in [1.82, 2.24) is 4.72 Å². The van der Waals surface area contributed by atoms with E-state index in [9.17, 15) is 18.3 Å². The van der Waals surface area contributed by atoms with Gasteiger partial charge in [-0.1, -0.05) is 34.8 Å². The Kier molecular flexibility index (Phi) is 7.96. The summed E-state index contributed by atoms with van der Waals surface area (Å²) in [6.45, 7) is 2.04. The Morgan fingerprint density at radius 1 is 1.16 bits per heavy atom. The van der Waals surface area contributed by atoms with E-state index < -0.39 is 16.0 Å². The van der Waals surface area contributed by atoms with Crippen LogP contribution in [0.3, 0.4) is 0 Å². The fourth-order valence-electron chi connectivity index (χ4n) is 3.94. The number of nitrogens with one attached hydrogen (secondary N) is 1. The third-order valence-corrected chi connectivity index (χ3v) is 7.60. The lowest BCUT2D eigenvalue weighted by Crippen LogP contribution is -2.34. The van der Waals surface area contributed by atoms with E-state index in [1.165, 1.54) is 12.1 Å². The van der Waals surface area contributed by atoms with Crippen LogP contribution in [0.2, 0.25) is 0 Å². The SMILES string of the molecule is Nc1cccc(S(=O)(=O)NCCCCC2CCN(c3cc(Br)ccc3C(=O)O)CC2)c1. The summed E-state index contributed by atoms with van der Waals surface area (Å²) in [5.74, 6) is -0.340. The van der Waals surface area contributed by atoms with Gasteiger partial charge in [0.15, 0.2) is 0 Å². The summed E-state index contributed by atoms with van der Waals surface area (Å²) in [4.78, 5) is 13.9. The summed E-state index contributed by atoms with van der Waals surface area (Å²) >= 11 is 3.43. The zero-order chi connectivity index (χ0) is 22.4. The molecule has 2 aromatic rings. The second-order valence-corrected chi connectivity index (χ2v) is 10.5. The fraction of sp³-hybridized carbons (Fsp3) is 0.409. The number of unbranched alkanes of at least 4 members (excludes halogenated alkanes) is 1. The van der Waals surface area contributed by atoms with E-state index >= 15 is 0 Å². The highest BCUT2D eigenvalue weighted by atomic mass is 79.9. The number of benzene rings is 2. The maximum absolute atomic E-state index is 12.3. The topological polar surface area (TPSA) is 113 Å². The molecule has 1 heterocycles. The second kappa shape index (κ2) is 10.5. The van der Waals surface area contributed by atoms with E-state index in [0.717, 1.165) is 55.4 Å². The largest absolute Gasteiger partial charge is 0.478 e. The molecule has 3 rings (SSSR count). The minimum Gasteiger partial charge on any atom is -0.478 e. The summed E-state index contributed by atoms with van der Waals surface area (Å²) in [7, 11) is -3.53. The summed E-state index contributed by atoms with van der Waals surface area (Å²) in [6.07, 6.45) is 4.76. The summed E-state index contributed by atoms with van der Waals surface area (Å²) in [5.41, 5.74) is 7.18. The number of piperidine rings is 1. The molecule has 4 N–H and O–H groups in total. The third-order valence-electron chi connectivity index (χ3n) is 5.65. The Labute approximate surface area is 191 Å². The van der Waals surface area contributed by atoms with Crippen LogP contribution in [-0.2, 0) is 10.0 Å². The number of hydrogen-bond donors (Lipinski definition) is 3. The molecule has 1 fully saturated rings. The molecule has 0 bridgehead atoms. The average Bonchev–Trinajstić information content (AvgIpc) is 2.73. The van der Waals surface area contributed by atoms with Crippen molar-refractivity contribution in [3.05, 3.63) is 52.5 Å². The van der Waals surface area contributed by atoms with E-state index in [1.54, 1.807) is 24.3 Å². The van der Waals surface area contributed by atoms with Gasteiger partial charge in [-0.2, -0.15) is 0 Å². The average molecular weight is 510 g/mol. The van der Waals surface area contributed by atoms with Gasteiger partial charge in [-0.05, 0) is 61.6 Å². The number of nitrogens with two attached hydrogens (primary N) is 1. The summed E-state index contributed by atoms with van der Waals surface area (Å²) in [6, 6.07) is 11.5. The van der Waals surface area contributed by atoms with Gasteiger partial charge in [0.2, 0.25) is 10.0 Å². The molecule has 1 saturated heterocycles. The molecule has 1 aliphatic rings. The van der Waals surface area contributed by atoms with Gasteiger partial charge in [0.25, 0.3) is 0 Å². The Balaban J connectivity index is 1.41. The van der Waals surface area contributed by atoms with Crippen LogP contribution in [0, 0.1) is 5.92 Å². The van der Waals surface area contributed by atoms with Crippen molar-refractivity contribution in [2.75, 3.05) is 30.3 Å². The number of rotatable bonds is 9. The smallest absolute Gasteiger partial charge is 0.337 e. The van der Waals surface area contributed by atoms with Crippen molar-refractivity contribution in [3.8, 4) is 0 Å². The summed E-state index contributed by atoms with van der Waals surface area (Å²) < 4.78 is 28.1. The predicted molar refractivity (Wildman–Crippen MR) is 126 cm³/mol. The quantitative estimate of drug-likeness (QED) is 0.346. The van der Waals surface area contributed by atoms with E-state index in [1.807, 2.05) is 6.07 Å². The first-order chi connectivity index (χ1) is 14.8. The first-order valence-corrected chi connectivity index (χ1v) is 12.7. The lowest BCUT2D eigenvalue weighted by Gasteiger charge is -2.34. The van der Waals surface area contributed by atoms with Crippen LogP contribution in [0.5, 0.6) is 0 Å². The van der Waals surface area contributed by atoms with E-state index in [-0.39, 0.29) is 4.90 Å². The molecule has 31 heavy (non-hydrogen) atoms. The van der Waals surface area contributed by atoms with Crippen molar-refractivity contribution in [1.29, 1.82) is 0 Å². The molecule has 1 aliphatic heterocycles. The van der Waals surface area contributed by atoms with E-state index in [4.69, 9.17) is 5.73 Å². The third kappa shape index (κ3) is 6.44. The Morgan fingerprint density at radius 2 is 1.90 bits per heavy atom. The highest BCUT2D eigenvalue weighted by Gasteiger charge is 2.23. The van der Waals surface area contributed by atoms with Crippen LogP contribution in [-0.4, -0.2) is 39.1 Å². The van der Waals surface area contributed by atoms with Gasteiger partial charge in [0.1, 0.15) is 0 Å². The van der Waals surface area contributed by atoms with Crippen LogP contribution in [0.25, 0.3) is 0 Å². The highest BCUT2D eigenvalue weighted by molar-refractivity contribution is 9.10. The van der Waals surface area contributed by atoms with Crippen LogP contribution in [0.4, 0.5) is 11.4 Å². The van der Waals surface area contributed by atoms with Crippen molar-refractivity contribution >= 4 is 43.3 Å². The molecule has 0 spiro atoms. The van der Waals surface area contributed by atoms with Gasteiger partial charge in [-0.15, -0.1) is 0 Å². The van der Waals surface area contributed by atoms with Crippen LogP contribution in [0.1, 0.15) is 42.5 Å². The predicted octanol–water partition coefficient (Wildman–Crippen LogP) is 4.09. The number of carbonyl (C=O) groups is 1. The maximum Gasteiger partial charge on any atom is 0.337 e. The molecule has 2 aromatic carbocycles. The van der Waals surface area contributed by atoms with Gasteiger partial charge in [-0.25, -0.2) is 17.9 Å². The molecule has 0 radical (unpaired) electrons. The van der Waals surface area contributed by atoms with Gasteiger partial charge >= 0.3 is 5.97 Å². The molecular weight excluding hydrogens is 482 g/mol. The molecule has 168 valence electrons. The molecule has 7 nitrogen and oxygen atoms in total. The molecule has 0 atom stereocenters. The zero-order valence-corrected chi connectivity index (χ0v) is 19.7. The molecule has 9 heteroatoms. The van der Waals surface area contributed by atoms with Gasteiger partial charge in [-0.3, -0.25) is 0 Å². The number of carboxylic acids is 1. The van der Waals surface area contributed by atoms with Crippen molar-refractivity contribution in [2.45, 2.75) is 37.0 Å². The van der Waals surface area contributed by atoms with Gasteiger partial charge in [0.05, 0.1) is 16.1 Å². The number of sulfonamides is 1. The number of aromatic carboxylic acids is 1. The number of anilines is 2.